The second-order valence-electron chi connectivity index (χ2n) is 5.54. The van der Waals surface area contributed by atoms with Crippen LogP contribution in [0.15, 0.2) is 6.20 Å². The van der Waals surface area contributed by atoms with Gasteiger partial charge in [0.05, 0.1) is 24.6 Å². The molecule has 0 saturated carbocycles. The van der Waals surface area contributed by atoms with Crippen molar-refractivity contribution in [3.05, 3.63) is 17.7 Å². The van der Waals surface area contributed by atoms with Crippen LogP contribution in [0.4, 0.5) is 5.69 Å². The molecule has 21 heavy (non-hydrogen) atoms. The van der Waals surface area contributed by atoms with E-state index >= 15 is 0 Å². The Morgan fingerprint density at radius 3 is 2.57 bits per heavy atom. The Labute approximate surface area is 126 Å². The van der Waals surface area contributed by atoms with Gasteiger partial charge < -0.3 is 15.0 Å². The number of hydrogen-bond acceptors (Lipinski definition) is 5. The van der Waals surface area contributed by atoms with Crippen molar-refractivity contribution in [2.75, 3.05) is 32.6 Å². The third-order valence-electron chi connectivity index (χ3n) is 3.02. The van der Waals surface area contributed by atoms with Crippen molar-refractivity contribution >= 4 is 11.6 Å². The lowest BCUT2D eigenvalue weighted by Crippen LogP contribution is -2.32. The number of nitrogens with one attached hydrogen (secondary N) is 1. The summed E-state index contributed by atoms with van der Waals surface area (Å²) in [7, 11) is 3.51. The van der Waals surface area contributed by atoms with Crippen LogP contribution < -0.4 is 5.32 Å². The lowest BCUT2D eigenvalue weighted by atomic mass is 10.2. The molecule has 0 atom stereocenters. The van der Waals surface area contributed by atoms with Crippen LogP contribution in [0.25, 0.3) is 0 Å². The van der Waals surface area contributed by atoms with Crippen LogP contribution in [0.5, 0.6) is 0 Å². The molecule has 1 amide bonds. The molecule has 1 aromatic rings. The van der Waals surface area contributed by atoms with Crippen molar-refractivity contribution in [2.24, 2.45) is 0 Å². The molecule has 0 radical (unpaired) electrons. The Hall–Kier alpha value is -1.69. The van der Waals surface area contributed by atoms with Gasteiger partial charge in [0.1, 0.15) is 5.82 Å². The molecule has 0 saturated heterocycles. The van der Waals surface area contributed by atoms with Crippen molar-refractivity contribution in [3.63, 3.8) is 0 Å². The summed E-state index contributed by atoms with van der Waals surface area (Å²) in [5.74, 6) is 0.720. The van der Waals surface area contributed by atoms with Crippen LogP contribution in [-0.2, 0) is 4.74 Å². The zero-order valence-electron chi connectivity index (χ0n) is 13.8. The number of likely N-dealkylation sites (N-methyl/N-ethyl adjacent to an activating group) is 1. The first-order valence-corrected chi connectivity index (χ1v) is 7.28. The van der Waals surface area contributed by atoms with Gasteiger partial charge in [-0.3, -0.25) is 4.79 Å². The predicted octanol–water partition coefficient (Wildman–Crippen LogP) is 2.14. The summed E-state index contributed by atoms with van der Waals surface area (Å²) >= 11 is 0. The van der Waals surface area contributed by atoms with E-state index in [0.717, 1.165) is 0 Å². The Balaban J connectivity index is 2.86. The second-order valence-corrected chi connectivity index (χ2v) is 5.54. The highest BCUT2D eigenvalue weighted by atomic mass is 16.5. The van der Waals surface area contributed by atoms with Gasteiger partial charge in [0.15, 0.2) is 5.69 Å². The van der Waals surface area contributed by atoms with Crippen LogP contribution in [0.3, 0.4) is 0 Å². The fraction of sp³-hybridized carbons (Fsp3) is 0.667. The van der Waals surface area contributed by atoms with Crippen LogP contribution >= 0.6 is 0 Å². The first kappa shape index (κ1) is 17.4. The monoisotopic (exact) mass is 294 g/mol. The van der Waals surface area contributed by atoms with Crippen LogP contribution in [0, 0.1) is 0 Å². The highest BCUT2D eigenvalue weighted by Crippen LogP contribution is 2.17. The summed E-state index contributed by atoms with van der Waals surface area (Å²) in [6.07, 6.45) is 1.82. The topological polar surface area (TPSA) is 67.4 Å². The molecule has 0 bridgehead atoms. The lowest BCUT2D eigenvalue weighted by molar-refractivity contribution is 0.0529. The van der Waals surface area contributed by atoms with Gasteiger partial charge in [-0.05, 0) is 13.8 Å². The molecule has 0 fully saturated rings. The van der Waals surface area contributed by atoms with Crippen LogP contribution in [-0.4, -0.2) is 54.1 Å². The standard InChI is InChI=1S/C15H26N4O2/c1-10(2)14-17-9-12(16-5)13(18-14)15(20)19(6)7-8-21-11(3)4/h9-11,16H,7-8H2,1-6H3. The molecular weight excluding hydrogens is 268 g/mol. The Kier molecular flexibility index (Phi) is 6.55. The fourth-order valence-electron chi connectivity index (χ4n) is 1.73. The van der Waals surface area contributed by atoms with Crippen molar-refractivity contribution in [2.45, 2.75) is 39.7 Å². The van der Waals surface area contributed by atoms with E-state index in [2.05, 4.69) is 15.3 Å². The second kappa shape index (κ2) is 7.93. The van der Waals surface area contributed by atoms with Gasteiger partial charge in [-0.25, -0.2) is 9.97 Å². The first-order valence-electron chi connectivity index (χ1n) is 7.28. The molecule has 0 aliphatic carbocycles. The molecule has 0 unspecified atom stereocenters. The number of carbonyl (C=O) groups excluding carboxylic acids is 1. The van der Waals surface area contributed by atoms with E-state index in [4.69, 9.17) is 4.74 Å². The van der Waals surface area contributed by atoms with Crippen LogP contribution in [0.1, 0.15) is 49.9 Å². The summed E-state index contributed by atoms with van der Waals surface area (Å²) in [5.41, 5.74) is 1.05. The largest absolute Gasteiger partial charge is 0.385 e. The summed E-state index contributed by atoms with van der Waals surface area (Å²) in [4.78, 5) is 22.8. The zero-order valence-corrected chi connectivity index (χ0v) is 13.8. The predicted molar refractivity (Wildman–Crippen MR) is 83.7 cm³/mol. The number of carbonyl (C=O) groups is 1. The third kappa shape index (κ3) is 4.97. The summed E-state index contributed by atoms with van der Waals surface area (Å²) < 4.78 is 5.47. The Bertz CT molecular complexity index is 475. The summed E-state index contributed by atoms with van der Waals surface area (Å²) in [5, 5.41) is 2.97. The zero-order chi connectivity index (χ0) is 16.0. The maximum absolute atomic E-state index is 12.5. The van der Waals surface area contributed by atoms with Gasteiger partial charge in [0, 0.05) is 26.6 Å². The van der Waals surface area contributed by atoms with Gasteiger partial charge in [0.25, 0.3) is 5.91 Å². The molecule has 0 spiro atoms. The number of amides is 1. The minimum Gasteiger partial charge on any atom is -0.385 e. The number of nitrogens with zero attached hydrogens (tertiary/aromatic N) is 3. The molecule has 1 rings (SSSR count). The highest BCUT2D eigenvalue weighted by Gasteiger charge is 2.19. The molecule has 1 N–H and O–H groups in total. The smallest absolute Gasteiger partial charge is 0.274 e. The number of anilines is 1. The minimum absolute atomic E-state index is 0.129. The number of rotatable bonds is 7. The average Bonchev–Trinajstić information content (AvgIpc) is 2.45. The summed E-state index contributed by atoms with van der Waals surface area (Å²) in [6.45, 7) is 8.99. The average molecular weight is 294 g/mol. The van der Waals surface area contributed by atoms with E-state index in [0.29, 0.717) is 30.4 Å². The van der Waals surface area contributed by atoms with Crippen molar-refractivity contribution < 1.29 is 9.53 Å². The van der Waals surface area contributed by atoms with Gasteiger partial charge in [-0.15, -0.1) is 0 Å². The third-order valence-corrected chi connectivity index (χ3v) is 3.02. The Morgan fingerprint density at radius 1 is 1.38 bits per heavy atom. The normalized spacial score (nSPS) is 11.0. The van der Waals surface area contributed by atoms with Gasteiger partial charge in [-0.1, -0.05) is 13.8 Å². The SMILES string of the molecule is CNc1cnc(C(C)C)nc1C(=O)N(C)CCOC(C)C. The maximum atomic E-state index is 12.5. The minimum atomic E-state index is -0.129. The van der Waals surface area contributed by atoms with Gasteiger partial charge in [-0.2, -0.15) is 0 Å². The molecule has 0 aliphatic rings. The first-order chi connectivity index (χ1) is 9.86. The van der Waals surface area contributed by atoms with E-state index in [-0.39, 0.29) is 17.9 Å². The van der Waals surface area contributed by atoms with E-state index < -0.39 is 0 Å². The van der Waals surface area contributed by atoms with Crippen molar-refractivity contribution in [1.29, 1.82) is 0 Å². The lowest BCUT2D eigenvalue weighted by Gasteiger charge is -2.19. The Morgan fingerprint density at radius 2 is 2.05 bits per heavy atom. The van der Waals surface area contributed by atoms with E-state index in [1.807, 2.05) is 27.7 Å². The van der Waals surface area contributed by atoms with E-state index in [1.165, 1.54) is 0 Å². The highest BCUT2D eigenvalue weighted by molar-refractivity contribution is 5.97. The summed E-state index contributed by atoms with van der Waals surface area (Å²) in [6, 6.07) is 0. The van der Waals surface area contributed by atoms with Crippen molar-refractivity contribution in [1.82, 2.24) is 14.9 Å². The fourth-order valence-corrected chi connectivity index (χ4v) is 1.73. The maximum Gasteiger partial charge on any atom is 0.274 e. The van der Waals surface area contributed by atoms with Crippen LogP contribution in [0.2, 0.25) is 0 Å². The number of aromatic nitrogens is 2. The molecule has 1 aromatic heterocycles. The van der Waals surface area contributed by atoms with E-state index in [1.54, 1.807) is 25.2 Å². The molecule has 0 aromatic carbocycles. The van der Waals surface area contributed by atoms with Gasteiger partial charge >= 0.3 is 0 Å². The molecule has 1 heterocycles. The molecule has 6 heteroatoms. The number of ether oxygens (including phenoxy) is 1. The van der Waals surface area contributed by atoms with Gasteiger partial charge in [0.2, 0.25) is 0 Å². The molecule has 0 aliphatic heterocycles. The molecule has 6 nitrogen and oxygen atoms in total. The number of hydrogen-bond donors (Lipinski definition) is 1. The molecular formula is C15H26N4O2. The quantitative estimate of drug-likeness (QED) is 0.834. The van der Waals surface area contributed by atoms with Crippen molar-refractivity contribution in [3.8, 4) is 0 Å². The molecule has 118 valence electrons. The van der Waals surface area contributed by atoms with E-state index in [9.17, 15) is 4.79 Å².